The molecule has 1 aromatic rings. The number of alkyl carbamates (subject to hydrolysis) is 1. The number of carbonyl (C=O) groups is 3. The number of amides is 3. The summed E-state index contributed by atoms with van der Waals surface area (Å²) in [5.74, 6) is -0.400. The minimum Gasteiger partial charge on any atom is -0.444 e. The fourth-order valence-electron chi connectivity index (χ4n) is 3.68. The van der Waals surface area contributed by atoms with E-state index in [1.165, 1.54) is 4.90 Å². The van der Waals surface area contributed by atoms with Gasteiger partial charge in [-0.05, 0) is 70.1 Å². The quantitative estimate of drug-likeness (QED) is 0.439. The molecular formula is C27H45N3O4. The van der Waals surface area contributed by atoms with E-state index in [9.17, 15) is 14.4 Å². The van der Waals surface area contributed by atoms with Gasteiger partial charge in [0.25, 0.3) is 0 Å². The number of ether oxygens (including phenoxy) is 1. The smallest absolute Gasteiger partial charge is 0.408 e. The first-order chi connectivity index (χ1) is 15.8. The summed E-state index contributed by atoms with van der Waals surface area (Å²) in [6.07, 6.45) is 2.75. The van der Waals surface area contributed by atoms with E-state index < -0.39 is 23.8 Å². The van der Waals surface area contributed by atoms with Gasteiger partial charge >= 0.3 is 6.09 Å². The first kappa shape index (κ1) is 29.5. The topological polar surface area (TPSA) is 87.7 Å². The Morgan fingerprint density at radius 3 is 2.24 bits per heavy atom. The zero-order valence-corrected chi connectivity index (χ0v) is 22.6. The van der Waals surface area contributed by atoms with E-state index in [0.717, 1.165) is 36.0 Å². The molecule has 0 aliphatic carbocycles. The van der Waals surface area contributed by atoms with Crippen molar-refractivity contribution >= 4 is 17.9 Å². The third-order valence-corrected chi connectivity index (χ3v) is 5.61. The van der Waals surface area contributed by atoms with E-state index in [0.29, 0.717) is 13.0 Å². The Morgan fingerprint density at radius 1 is 1.06 bits per heavy atom. The maximum absolute atomic E-state index is 13.6. The minimum atomic E-state index is -0.804. The Balaban J connectivity index is 3.22. The van der Waals surface area contributed by atoms with E-state index in [-0.39, 0.29) is 17.7 Å². The van der Waals surface area contributed by atoms with Gasteiger partial charge < -0.3 is 20.3 Å². The standard InChI is InChI=1S/C27H45N3O4/c1-10-11-12-15-28-24(31)23(21-14-13-19(4)20(5)17-21)30(9)25(32)22(16-18(2)3)29-26(33)34-27(6,7)8/h13-14,17-18,22-23H,10-12,15-16H2,1-9H3,(H,28,31)(H,29,33). The zero-order valence-electron chi connectivity index (χ0n) is 22.6. The van der Waals surface area contributed by atoms with Crippen LogP contribution in [0.25, 0.3) is 0 Å². The van der Waals surface area contributed by atoms with Crippen molar-refractivity contribution in [2.24, 2.45) is 5.92 Å². The predicted octanol–water partition coefficient (Wildman–Crippen LogP) is 5.05. The molecule has 0 aromatic heterocycles. The molecule has 192 valence electrons. The van der Waals surface area contributed by atoms with Gasteiger partial charge in [0, 0.05) is 13.6 Å². The molecule has 0 radical (unpaired) electrons. The maximum Gasteiger partial charge on any atom is 0.408 e. The Labute approximate surface area is 206 Å². The highest BCUT2D eigenvalue weighted by Gasteiger charge is 2.34. The fraction of sp³-hybridized carbons (Fsp3) is 0.667. The van der Waals surface area contributed by atoms with Crippen LogP contribution in [0.15, 0.2) is 18.2 Å². The van der Waals surface area contributed by atoms with Crippen LogP contribution in [0, 0.1) is 19.8 Å². The van der Waals surface area contributed by atoms with Crippen molar-refractivity contribution in [3.63, 3.8) is 0 Å². The molecule has 7 nitrogen and oxygen atoms in total. The van der Waals surface area contributed by atoms with E-state index in [2.05, 4.69) is 17.6 Å². The number of carbonyl (C=O) groups excluding carboxylic acids is 3. The van der Waals surface area contributed by atoms with Gasteiger partial charge in [-0.3, -0.25) is 9.59 Å². The Bertz CT molecular complexity index is 830. The number of rotatable bonds is 11. The number of likely N-dealkylation sites (N-methyl/N-ethyl adjacent to an activating group) is 1. The lowest BCUT2D eigenvalue weighted by Crippen LogP contribution is -2.52. The maximum atomic E-state index is 13.6. The van der Waals surface area contributed by atoms with Crippen LogP contribution >= 0.6 is 0 Å². The second-order valence-corrected chi connectivity index (χ2v) is 10.5. The third kappa shape index (κ3) is 9.74. The number of hydrogen-bond donors (Lipinski definition) is 2. The Hall–Kier alpha value is -2.57. The lowest BCUT2D eigenvalue weighted by atomic mass is 9.97. The molecule has 0 aliphatic rings. The molecular weight excluding hydrogens is 430 g/mol. The molecule has 3 amide bonds. The number of nitrogens with zero attached hydrogens (tertiary/aromatic N) is 1. The van der Waals surface area contributed by atoms with Gasteiger partial charge in [0.1, 0.15) is 17.7 Å². The number of unbranched alkanes of at least 4 members (excludes halogenated alkanes) is 2. The van der Waals surface area contributed by atoms with Crippen molar-refractivity contribution in [3.8, 4) is 0 Å². The molecule has 0 aliphatic heterocycles. The van der Waals surface area contributed by atoms with Crippen LogP contribution in [-0.4, -0.2) is 48.0 Å². The normalized spacial score (nSPS) is 13.2. The van der Waals surface area contributed by atoms with Crippen molar-refractivity contribution < 1.29 is 19.1 Å². The second kappa shape index (κ2) is 13.4. The van der Waals surface area contributed by atoms with Crippen LogP contribution in [0.5, 0.6) is 0 Å². The van der Waals surface area contributed by atoms with Crippen molar-refractivity contribution in [1.29, 1.82) is 0 Å². The molecule has 0 spiro atoms. The summed E-state index contributed by atoms with van der Waals surface area (Å²) in [6, 6.07) is 4.20. The zero-order chi connectivity index (χ0) is 26.1. The fourth-order valence-corrected chi connectivity index (χ4v) is 3.68. The predicted molar refractivity (Wildman–Crippen MR) is 137 cm³/mol. The van der Waals surface area contributed by atoms with Crippen LogP contribution in [0.1, 0.15) is 90.0 Å². The van der Waals surface area contributed by atoms with Crippen LogP contribution in [-0.2, 0) is 14.3 Å². The number of benzene rings is 1. The molecule has 0 fully saturated rings. The summed E-state index contributed by atoms with van der Waals surface area (Å²) >= 11 is 0. The summed E-state index contributed by atoms with van der Waals surface area (Å²) in [5.41, 5.74) is 2.23. The average Bonchev–Trinajstić information content (AvgIpc) is 2.71. The summed E-state index contributed by atoms with van der Waals surface area (Å²) < 4.78 is 5.38. The molecule has 2 N–H and O–H groups in total. The van der Waals surface area contributed by atoms with Crippen LogP contribution in [0.3, 0.4) is 0 Å². The van der Waals surface area contributed by atoms with E-state index in [4.69, 9.17) is 4.74 Å². The van der Waals surface area contributed by atoms with E-state index in [1.807, 2.05) is 45.9 Å². The monoisotopic (exact) mass is 475 g/mol. The molecule has 34 heavy (non-hydrogen) atoms. The van der Waals surface area contributed by atoms with Gasteiger partial charge in [-0.25, -0.2) is 4.79 Å². The van der Waals surface area contributed by atoms with E-state index >= 15 is 0 Å². The first-order valence-corrected chi connectivity index (χ1v) is 12.4. The summed E-state index contributed by atoms with van der Waals surface area (Å²) in [7, 11) is 1.62. The SMILES string of the molecule is CCCCCNC(=O)C(c1ccc(C)c(C)c1)N(C)C(=O)C(CC(C)C)NC(=O)OC(C)(C)C. The largest absolute Gasteiger partial charge is 0.444 e. The van der Waals surface area contributed by atoms with Gasteiger partial charge in [-0.15, -0.1) is 0 Å². The number of nitrogens with one attached hydrogen (secondary N) is 2. The lowest BCUT2D eigenvalue weighted by Gasteiger charge is -2.32. The van der Waals surface area contributed by atoms with Crippen LogP contribution < -0.4 is 10.6 Å². The summed E-state index contributed by atoms with van der Waals surface area (Å²) in [4.78, 5) is 40.8. The molecule has 0 bridgehead atoms. The second-order valence-electron chi connectivity index (χ2n) is 10.5. The highest BCUT2D eigenvalue weighted by molar-refractivity contribution is 5.92. The highest BCUT2D eigenvalue weighted by Crippen LogP contribution is 2.24. The number of aryl methyl sites for hydroxylation is 2. The van der Waals surface area contributed by atoms with Gasteiger partial charge in [-0.2, -0.15) is 0 Å². The molecule has 0 saturated heterocycles. The molecule has 2 unspecified atom stereocenters. The number of hydrogen-bond acceptors (Lipinski definition) is 4. The molecule has 7 heteroatoms. The van der Waals surface area contributed by atoms with Crippen molar-refractivity contribution in [2.75, 3.05) is 13.6 Å². The van der Waals surface area contributed by atoms with Crippen molar-refractivity contribution in [3.05, 3.63) is 34.9 Å². The third-order valence-electron chi connectivity index (χ3n) is 5.61. The van der Waals surface area contributed by atoms with Gasteiger partial charge in [0.2, 0.25) is 11.8 Å². The molecule has 2 atom stereocenters. The highest BCUT2D eigenvalue weighted by atomic mass is 16.6. The van der Waals surface area contributed by atoms with Gasteiger partial charge in [0.05, 0.1) is 0 Å². The summed E-state index contributed by atoms with van der Waals surface area (Å²) in [6.45, 7) is 16.0. The lowest BCUT2D eigenvalue weighted by molar-refractivity contribution is -0.141. The van der Waals surface area contributed by atoms with Gasteiger partial charge in [0.15, 0.2) is 0 Å². The molecule has 0 saturated carbocycles. The van der Waals surface area contributed by atoms with Gasteiger partial charge in [-0.1, -0.05) is 51.8 Å². The Kier molecular flexibility index (Phi) is 11.6. The average molecular weight is 476 g/mol. The van der Waals surface area contributed by atoms with Crippen LogP contribution in [0.4, 0.5) is 4.79 Å². The molecule has 1 rings (SSSR count). The first-order valence-electron chi connectivity index (χ1n) is 12.4. The Morgan fingerprint density at radius 2 is 1.71 bits per heavy atom. The molecule has 0 heterocycles. The van der Waals surface area contributed by atoms with Crippen LogP contribution in [0.2, 0.25) is 0 Å². The van der Waals surface area contributed by atoms with Crippen molar-refractivity contribution in [2.45, 2.75) is 98.8 Å². The van der Waals surface area contributed by atoms with E-state index in [1.54, 1.807) is 27.8 Å². The molecule has 1 aromatic carbocycles. The summed E-state index contributed by atoms with van der Waals surface area (Å²) in [5, 5.41) is 5.72. The van der Waals surface area contributed by atoms with Crippen molar-refractivity contribution in [1.82, 2.24) is 15.5 Å². The minimum absolute atomic E-state index is 0.153.